The van der Waals surface area contributed by atoms with Crippen LogP contribution < -0.4 is 0 Å². The zero-order valence-corrected chi connectivity index (χ0v) is 12.3. The first-order chi connectivity index (χ1) is 10.8. The second-order valence-electron chi connectivity index (χ2n) is 5.29. The van der Waals surface area contributed by atoms with Gasteiger partial charge in [0.2, 0.25) is 5.95 Å². The molecule has 0 spiro atoms. The molecular weight excluding hydrogens is 270 g/mol. The fourth-order valence-electron chi connectivity index (χ4n) is 2.87. The van der Waals surface area contributed by atoms with Crippen LogP contribution in [-0.2, 0) is 0 Å². The summed E-state index contributed by atoms with van der Waals surface area (Å²) in [6.07, 6.45) is 3.56. The monoisotopic (exact) mass is 285 g/mol. The molecule has 2 aromatic heterocycles. The molecule has 0 N–H and O–H groups in total. The van der Waals surface area contributed by atoms with Gasteiger partial charge in [0.1, 0.15) is 0 Å². The van der Waals surface area contributed by atoms with Gasteiger partial charge < -0.3 is 0 Å². The molecule has 0 fully saturated rings. The lowest BCUT2D eigenvalue weighted by atomic mass is 10.1. The SMILES string of the molecule is Cc1cccc2cc(-c3ccccc3)n(-c3ncccn3)c12. The second-order valence-corrected chi connectivity index (χ2v) is 5.29. The van der Waals surface area contributed by atoms with Gasteiger partial charge in [-0.1, -0.05) is 48.5 Å². The Morgan fingerprint density at radius 1 is 0.818 bits per heavy atom. The summed E-state index contributed by atoms with van der Waals surface area (Å²) in [5.74, 6) is 0.700. The van der Waals surface area contributed by atoms with E-state index in [0.717, 1.165) is 16.8 Å². The molecule has 3 heteroatoms. The van der Waals surface area contributed by atoms with Gasteiger partial charge in [-0.05, 0) is 30.2 Å². The molecule has 0 atom stereocenters. The summed E-state index contributed by atoms with van der Waals surface area (Å²) in [6.45, 7) is 2.12. The average molecular weight is 285 g/mol. The molecule has 0 unspecified atom stereocenters. The van der Waals surface area contributed by atoms with E-state index in [9.17, 15) is 0 Å². The molecule has 4 rings (SSSR count). The van der Waals surface area contributed by atoms with Crippen molar-refractivity contribution in [3.05, 3.63) is 78.6 Å². The standard InChI is InChI=1S/C19H15N3/c1-14-7-5-10-16-13-17(15-8-3-2-4-9-15)22(18(14)16)19-20-11-6-12-21-19/h2-13H,1H3. The van der Waals surface area contributed by atoms with Gasteiger partial charge in [0.15, 0.2) is 0 Å². The molecule has 0 aliphatic heterocycles. The van der Waals surface area contributed by atoms with Crippen molar-refractivity contribution in [2.24, 2.45) is 0 Å². The lowest BCUT2D eigenvalue weighted by Crippen LogP contribution is -2.02. The van der Waals surface area contributed by atoms with E-state index in [0.29, 0.717) is 5.95 Å². The maximum atomic E-state index is 4.45. The first-order valence-corrected chi connectivity index (χ1v) is 7.28. The number of fused-ring (bicyclic) bond motifs is 1. The van der Waals surface area contributed by atoms with Crippen molar-refractivity contribution in [3.8, 4) is 17.2 Å². The Morgan fingerprint density at radius 3 is 2.36 bits per heavy atom. The zero-order chi connectivity index (χ0) is 14.9. The third-order valence-electron chi connectivity index (χ3n) is 3.85. The smallest absolute Gasteiger partial charge is 0.234 e. The van der Waals surface area contributed by atoms with Gasteiger partial charge in [0.25, 0.3) is 0 Å². The molecule has 2 heterocycles. The van der Waals surface area contributed by atoms with Gasteiger partial charge in [-0.2, -0.15) is 0 Å². The minimum atomic E-state index is 0.700. The minimum Gasteiger partial charge on any atom is -0.278 e. The summed E-state index contributed by atoms with van der Waals surface area (Å²) in [5, 5.41) is 1.20. The first-order valence-electron chi connectivity index (χ1n) is 7.28. The molecule has 0 amide bonds. The van der Waals surface area contributed by atoms with Gasteiger partial charge >= 0.3 is 0 Å². The molecule has 3 nitrogen and oxygen atoms in total. The van der Waals surface area contributed by atoms with Gasteiger partial charge in [0, 0.05) is 17.8 Å². The molecule has 0 aliphatic carbocycles. The number of nitrogens with zero attached hydrogens (tertiary/aromatic N) is 3. The van der Waals surface area contributed by atoms with E-state index in [4.69, 9.17) is 0 Å². The summed E-state index contributed by atoms with van der Waals surface area (Å²) < 4.78 is 2.14. The molecule has 0 bridgehead atoms. The Kier molecular flexibility index (Phi) is 2.97. The summed E-state index contributed by atoms with van der Waals surface area (Å²) in [4.78, 5) is 8.90. The predicted molar refractivity (Wildman–Crippen MR) is 89.0 cm³/mol. The molecule has 2 aromatic carbocycles. The largest absolute Gasteiger partial charge is 0.278 e. The normalized spacial score (nSPS) is 11.0. The maximum absolute atomic E-state index is 4.45. The highest BCUT2D eigenvalue weighted by Crippen LogP contribution is 2.31. The molecule has 0 saturated heterocycles. The van der Waals surface area contributed by atoms with E-state index in [-0.39, 0.29) is 0 Å². The van der Waals surface area contributed by atoms with Crippen molar-refractivity contribution in [2.45, 2.75) is 6.92 Å². The topological polar surface area (TPSA) is 30.7 Å². The highest BCUT2D eigenvalue weighted by molar-refractivity contribution is 5.90. The zero-order valence-electron chi connectivity index (χ0n) is 12.3. The Labute approximate surface area is 128 Å². The number of benzene rings is 2. The van der Waals surface area contributed by atoms with Gasteiger partial charge in [-0.15, -0.1) is 0 Å². The molecule has 22 heavy (non-hydrogen) atoms. The van der Waals surface area contributed by atoms with Crippen LogP contribution in [0.25, 0.3) is 28.1 Å². The Balaban J connectivity index is 2.11. The summed E-state index contributed by atoms with van der Waals surface area (Å²) >= 11 is 0. The van der Waals surface area contributed by atoms with E-state index in [1.165, 1.54) is 10.9 Å². The van der Waals surface area contributed by atoms with Crippen molar-refractivity contribution in [3.63, 3.8) is 0 Å². The second kappa shape index (κ2) is 5.11. The number of hydrogen-bond donors (Lipinski definition) is 0. The predicted octanol–water partition coefficient (Wildman–Crippen LogP) is 4.40. The number of rotatable bonds is 2. The Morgan fingerprint density at radius 2 is 1.59 bits per heavy atom. The molecule has 4 aromatic rings. The third kappa shape index (κ3) is 1.99. The number of aromatic nitrogens is 3. The fraction of sp³-hybridized carbons (Fsp3) is 0.0526. The van der Waals surface area contributed by atoms with Crippen molar-refractivity contribution in [2.75, 3.05) is 0 Å². The van der Waals surface area contributed by atoms with E-state index in [1.807, 2.05) is 12.1 Å². The van der Waals surface area contributed by atoms with Crippen LogP contribution in [0, 0.1) is 6.92 Å². The minimum absolute atomic E-state index is 0.700. The van der Waals surface area contributed by atoms with Crippen molar-refractivity contribution < 1.29 is 0 Å². The summed E-state index contributed by atoms with van der Waals surface area (Å²) in [6, 6.07) is 20.7. The summed E-state index contributed by atoms with van der Waals surface area (Å²) in [5.41, 5.74) is 4.64. The quantitative estimate of drug-likeness (QED) is 0.546. The van der Waals surface area contributed by atoms with Crippen LogP contribution in [0.5, 0.6) is 0 Å². The third-order valence-corrected chi connectivity index (χ3v) is 3.85. The Bertz CT molecular complexity index is 925. The summed E-state index contributed by atoms with van der Waals surface area (Å²) in [7, 11) is 0. The van der Waals surface area contributed by atoms with Crippen LogP contribution >= 0.6 is 0 Å². The lowest BCUT2D eigenvalue weighted by molar-refractivity contribution is 0.965. The van der Waals surface area contributed by atoms with E-state index >= 15 is 0 Å². The maximum Gasteiger partial charge on any atom is 0.234 e. The van der Waals surface area contributed by atoms with Crippen LogP contribution in [-0.4, -0.2) is 14.5 Å². The molecule has 0 radical (unpaired) electrons. The molecule has 0 saturated carbocycles. The fourth-order valence-corrected chi connectivity index (χ4v) is 2.87. The van der Waals surface area contributed by atoms with E-state index in [2.05, 4.69) is 70.0 Å². The van der Waals surface area contributed by atoms with Gasteiger partial charge in [-0.25, -0.2) is 9.97 Å². The van der Waals surface area contributed by atoms with Crippen molar-refractivity contribution in [1.29, 1.82) is 0 Å². The van der Waals surface area contributed by atoms with E-state index < -0.39 is 0 Å². The molecular formula is C19H15N3. The first kappa shape index (κ1) is 12.8. The van der Waals surface area contributed by atoms with Gasteiger partial charge in [0.05, 0.1) is 11.2 Å². The number of para-hydroxylation sites is 1. The van der Waals surface area contributed by atoms with Gasteiger partial charge in [-0.3, -0.25) is 4.57 Å². The van der Waals surface area contributed by atoms with Crippen LogP contribution in [0.3, 0.4) is 0 Å². The number of aryl methyl sites for hydroxylation is 1. The van der Waals surface area contributed by atoms with Crippen molar-refractivity contribution in [1.82, 2.24) is 14.5 Å². The average Bonchev–Trinajstić information content (AvgIpc) is 2.97. The number of hydrogen-bond acceptors (Lipinski definition) is 2. The highest BCUT2D eigenvalue weighted by atomic mass is 15.2. The van der Waals surface area contributed by atoms with Crippen LogP contribution in [0.15, 0.2) is 73.1 Å². The van der Waals surface area contributed by atoms with E-state index in [1.54, 1.807) is 12.4 Å². The lowest BCUT2D eigenvalue weighted by Gasteiger charge is -2.10. The van der Waals surface area contributed by atoms with Crippen LogP contribution in [0.4, 0.5) is 0 Å². The molecule has 106 valence electrons. The van der Waals surface area contributed by atoms with Crippen LogP contribution in [0.2, 0.25) is 0 Å². The molecule has 0 aliphatic rings. The van der Waals surface area contributed by atoms with Crippen molar-refractivity contribution >= 4 is 10.9 Å². The Hall–Kier alpha value is -2.94. The van der Waals surface area contributed by atoms with Crippen LogP contribution in [0.1, 0.15) is 5.56 Å². The highest BCUT2D eigenvalue weighted by Gasteiger charge is 2.15.